The largest absolute Gasteiger partial charge is 0.492 e. The quantitative estimate of drug-likeness (QED) is 0.692. The van der Waals surface area contributed by atoms with Crippen LogP contribution in [0.15, 0.2) is 28.7 Å². The van der Waals surface area contributed by atoms with E-state index in [0.717, 1.165) is 36.5 Å². The molecular weight excluding hydrogens is 306 g/mol. The molecule has 0 radical (unpaired) electrons. The van der Waals surface area contributed by atoms with Gasteiger partial charge in [0.25, 0.3) is 0 Å². The lowest BCUT2D eigenvalue weighted by molar-refractivity contribution is 0.127. The van der Waals surface area contributed by atoms with Crippen molar-refractivity contribution in [1.82, 2.24) is 4.90 Å². The van der Waals surface area contributed by atoms with E-state index >= 15 is 0 Å². The zero-order valence-corrected chi connectivity index (χ0v) is 13.6. The van der Waals surface area contributed by atoms with Gasteiger partial charge in [0.15, 0.2) is 0 Å². The van der Waals surface area contributed by atoms with Gasteiger partial charge in [0.05, 0.1) is 6.61 Å². The van der Waals surface area contributed by atoms with E-state index in [-0.39, 0.29) is 0 Å². The summed E-state index contributed by atoms with van der Waals surface area (Å²) in [5, 5.41) is 0. The van der Waals surface area contributed by atoms with Crippen LogP contribution >= 0.6 is 15.9 Å². The number of rotatable bonds is 9. The van der Waals surface area contributed by atoms with Crippen LogP contribution in [-0.4, -0.2) is 44.9 Å². The third-order valence-corrected chi connectivity index (χ3v) is 3.20. The van der Waals surface area contributed by atoms with Gasteiger partial charge < -0.3 is 9.47 Å². The molecule has 0 atom stereocenters. The van der Waals surface area contributed by atoms with Gasteiger partial charge in [-0.05, 0) is 24.1 Å². The first-order valence-corrected chi connectivity index (χ1v) is 7.50. The van der Waals surface area contributed by atoms with Gasteiger partial charge in [0, 0.05) is 31.2 Å². The second-order valence-electron chi connectivity index (χ2n) is 4.99. The number of methoxy groups -OCH3 is 1. The summed E-state index contributed by atoms with van der Waals surface area (Å²) in [5.41, 5.74) is 0. The molecule has 0 amide bonds. The van der Waals surface area contributed by atoms with Crippen LogP contribution in [0.3, 0.4) is 0 Å². The lowest BCUT2D eigenvalue weighted by Crippen LogP contribution is -2.34. The van der Waals surface area contributed by atoms with E-state index in [1.54, 1.807) is 7.11 Å². The predicted octanol–water partition coefficient (Wildman–Crippen LogP) is 3.43. The molecule has 1 rings (SSSR count). The molecule has 0 saturated carbocycles. The first-order chi connectivity index (χ1) is 9.11. The first-order valence-electron chi connectivity index (χ1n) is 6.71. The third kappa shape index (κ3) is 7.55. The number of nitrogens with zero attached hydrogens (tertiary/aromatic N) is 1. The van der Waals surface area contributed by atoms with E-state index in [4.69, 9.17) is 9.47 Å². The molecular formula is C15H24BrNO2. The molecule has 0 bridgehead atoms. The molecule has 4 heteroatoms. The number of halogens is 1. The zero-order chi connectivity index (χ0) is 14.1. The first kappa shape index (κ1) is 16.5. The van der Waals surface area contributed by atoms with Crippen LogP contribution in [0.5, 0.6) is 5.75 Å². The minimum atomic E-state index is 0.655. The predicted molar refractivity (Wildman–Crippen MR) is 82.8 cm³/mol. The van der Waals surface area contributed by atoms with Crippen molar-refractivity contribution in [1.29, 1.82) is 0 Å². The van der Waals surface area contributed by atoms with Crippen molar-refractivity contribution in [2.45, 2.75) is 13.8 Å². The molecule has 0 fully saturated rings. The molecule has 0 aliphatic heterocycles. The van der Waals surface area contributed by atoms with Crippen LogP contribution in [0.2, 0.25) is 0 Å². The van der Waals surface area contributed by atoms with Crippen molar-refractivity contribution in [2.75, 3.05) is 40.0 Å². The summed E-state index contributed by atoms with van der Waals surface area (Å²) in [6.07, 6.45) is 0. The van der Waals surface area contributed by atoms with E-state index < -0.39 is 0 Å². The molecule has 0 heterocycles. The number of ether oxygens (including phenoxy) is 2. The van der Waals surface area contributed by atoms with E-state index in [9.17, 15) is 0 Å². The van der Waals surface area contributed by atoms with Gasteiger partial charge in [0.2, 0.25) is 0 Å². The highest BCUT2D eigenvalue weighted by Crippen LogP contribution is 2.17. The Morgan fingerprint density at radius 2 is 1.95 bits per heavy atom. The summed E-state index contributed by atoms with van der Waals surface area (Å²) in [4.78, 5) is 2.38. The standard InChI is InChI=1S/C15H24BrNO2/c1-13(2)12-17(7-9-18-3)8-10-19-15-6-4-5-14(16)11-15/h4-6,11,13H,7-10,12H2,1-3H3. The molecule has 0 spiro atoms. The summed E-state index contributed by atoms with van der Waals surface area (Å²) in [7, 11) is 1.74. The molecule has 0 aliphatic carbocycles. The minimum Gasteiger partial charge on any atom is -0.492 e. The molecule has 3 nitrogen and oxygen atoms in total. The summed E-state index contributed by atoms with van der Waals surface area (Å²) < 4.78 is 12.0. The molecule has 1 aromatic rings. The molecule has 0 aromatic heterocycles. The fourth-order valence-electron chi connectivity index (χ4n) is 1.88. The fourth-order valence-corrected chi connectivity index (χ4v) is 2.26. The topological polar surface area (TPSA) is 21.7 Å². The Morgan fingerprint density at radius 3 is 2.58 bits per heavy atom. The van der Waals surface area contributed by atoms with Crippen LogP contribution in [0, 0.1) is 5.92 Å². The van der Waals surface area contributed by atoms with Crippen LogP contribution < -0.4 is 4.74 Å². The van der Waals surface area contributed by atoms with Crippen LogP contribution in [0.1, 0.15) is 13.8 Å². The molecule has 108 valence electrons. The highest BCUT2D eigenvalue weighted by atomic mass is 79.9. The van der Waals surface area contributed by atoms with Crippen LogP contribution in [0.4, 0.5) is 0 Å². The van der Waals surface area contributed by atoms with Gasteiger partial charge >= 0.3 is 0 Å². The Labute approximate surface area is 125 Å². The highest BCUT2D eigenvalue weighted by molar-refractivity contribution is 9.10. The summed E-state index contributed by atoms with van der Waals surface area (Å²) in [5.74, 6) is 1.56. The Hall–Kier alpha value is -0.580. The fraction of sp³-hybridized carbons (Fsp3) is 0.600. The SMILES string of the molecule is COCCN(CCOc1cccc(Br)c1)CC(C)C. The van der Waals surface area contributed by atoms with Gasteiger partial charge in [0.1, 0.15) is 12.4 Å². The average molecular weight is 330 g/mol. The number of benzene rings is 1. The third-order valence-electron chi connectivity index (χ3n) is 2.71. The van der Waals surface area contributed by atoms with Gasteiger partial charge in [-0.3, -0.25) is 4.90 Å². The Kier molecular flexibility index (Phi) is 8.10. The normalized spacial score (nSPS) is 11.3. The Morgan fingerprint density at radius 1 is 1.21 bits per heavy atom. The maximum atomic E-state index is 5.77. The summed E-state index contributed by atoms with van der Waals surface area (Å²) in [6, 6.07) is 7.95. The average Bonchev–Trinajstić information content (AvgIpc) is 2.35. The Bertz CT molecular complexity index is 358. The second-order valence-corrected chi connectivity index (χ2v) is 5.91. The smallest absolute Gasteiger partial charge is 0.120 e. The zero-order valence-electron chi connectivity index (χ0n) is 12.1. The van der Waals surface area contributed by atoms with Gasteiger partial charge in [-0.25, -0.2) is 0 Å². The lowest BCUT2D eigenvalue weighted by atomic mass is 10.2. The second kappa shape index (κ2) is 9.34. The van der Waals surface area contributed by atoms with Gasteiger partial charge in [-0.1, -0.05) is 35.8 Å². The van der Waals surface area contributed by atoms with Gasteiger partial charge in [-0.15, -0.1) is 0 Å². The maximum absolute atomic E-state index is 5.77. The van der Waals surface area contributed by atoms with Crippen molar-refractivity contribution in [3.8, 4) is 5.75 Å². The van der Waals surface area contributed by atoms with E-state index in [2.05, 4.69) is 34.7 Å². The molecule has 1 aromatic carbocycles. The summed E-state index contributed by atoms with van der Waals surface area (Å²) >= 11 is 3.44. The molecule has 0 N–H and O–H groups in total. The van der Waals surface area contributed by atoms with Crippen molar-refractivity contribution >= 4 is 15.9 Å². The highest BCUT2D eigenvalue weighted by Gasteiger charge is 2.07. The molecule has 0 unspecified atom stereocenters. The van der Waals surface area contributed by atoms with Crippen molar-refractivity contribution in [3.05, 3.63) is 28.7 Å². The van der Waals surface area contributed by atoms with Crippen molar-refractivity contribution < 1.29 is 9.47 Å². The summed E-state index contributed by atoms with van der Waals surface area (Å²) in [6.45, 7) is 8.89. The number of hydrogen-bond donors (Lipinski definition) is 0. The van der Waals surface area contributed by atoms with Crippen molar-refractivity contribution in [2.24, 2.45) is 5.92 Å². The monoisotopic (exact) mass is 329 g/mol. The van der Waals surface area contributed by atoms with Crippen molar-refractivity contribution in [3.63, 3.8) is 0 Å². The number of hydrogen-bond acceptors (Lipinski definition) is 3. The van der Waals surface area contributed by atoms with E-state index in [0.29, 0.717) is 12.5 Å². The molecule has 19 heavy (non-hydrogen) atoms. The Balaban J connectivity index is 2.34. The lowest BCUT2D eigenvalue weighted by Gasteiger charge is -2.23. The minimum absolute atomic E-state index is 0.655. The maximum Gasteiger partial charge on any atom is 0.120 e. The molecule has 0 saturated heterocycles. The van der Waals surface area contributed by atoms with Crippen LogP contribution in [0.25, 0.3) is 0 Å². The van der Waals surface area contributed by atoms with E-state index in [1.165, 1.54) is 0 Å². The molecule has 0 aliphatic rings. The van der Waals surface area contributed by atoms with E-state index in [1.807, 2.05) is 24.3 Å². The van der Waals surface area contributed by atoms with Gasteiger partial charge in [-0.2, -0.15) is 0 Å². The van der Waals surface area contributed by atoms with Crippen LogP contribution in [-0.2, 0) is 4.74 Å².